The number of amides is 2. The van der Waals surface area contributed by atoms with Gasteiger partial charge in [0.25, 0.3) is 5.91 Å². The molecule has 2 amide bonds. The average molecular weight is 322 g/mol. The second kappa shape index (κ2) is 10.3. The molecule has 1 aromatic carbocycles. The highest BCUT2D eigenvalue weighted by Gasteiger charge is 2.08. The Morgan fingerprint density at radius 3 is 2.35 bits per heavy atom. The number of methoxy groups -OCH3 is 2. The van der Waals surface area contributed by atoms with Crippen molar-refractivity contribution in [3.05, 3.63) is 29.8 Å². The molecular weight excluding hydrogens is 300 g/mol. The fourth-order valence-corrected chi connectivity index (χ4v) is 1.77. The van der Waals surface area contributed by atoms with Gasteiger partial charge in [-0.15, -0.1) is 0 Å². The molecule has 7 nitrogen and oxygen atoms in total. The van der Waals surface area contributed by atoms with Crippen LogP contribution < -0.4 is 10.6 Å². The van der Waals surface area contributed by atoms with Gasteiger partial charge in [-0.1, -0.05) is 0 Å². The molecule has 126 valence electrons. The summed E-state index contributed by atoms with van der Waals surface area (Å²) in [4.78, 5) is 34.5. The molecule has 0 radical (unpaired) electrons. The van der Waals surface area contributed by atoms with Crippen LogP contribution in [0.3, 0.4) is 0 Å². The second-order valence-electron chi connectivity index (χ2n) is 4.80. The number of benzene rings is 1. The molecule has 2 N–H and O–H groups in total. The molecule has 0 unspecified atom stereocenters. The highest BCUT2D eigenvalue weighted by Crippen LogP contribution is 2.10. The monoisotopic (exact) mass is 322 g/mol. The smallest absolute Gasteiger partial charge is 0.306 e. The number of carbonyl (C=O) groups is 3. The lowest BCUT2D eigenvalue weighted by Gasteiger charge is -2.07. The van der Waals surface area contributed by atoms with Crippen LogP contribution in [0.5, 0.6) is 0 Å². The summed E-state index contributed by atoms with van der Waals surface area (Å²) in [6.45, 7) is 1.13. The van der Waals surface area contributed by atoms with E-state index in [1.807, 2.05) is 0 Å². The Morgan fingerprint density at radius 1 is 1.04 bits per heavy atom. The summed E-state index contributed by atoms with van der Waals surface area (Å²) in [7, 11) is 2.89. The Kier molecular flexibility index (Phi) is 8.38. The number of hydrogen-bond acceptors (Lipinski definition) is 5. The third kappa shape index (κ3) is 7.42. The van der Waals surface area contributed by atoms with Crippen LogP contribution in [0.4, 0.5) is 5.69 Å². The first-order valence-corrected chi connectivity index (χ1v) is 7.30. The number of ether oxygens (including phenoxy) is 2. The van der Waals surface area contributed by atoms with Crippen molar-refractivity contribution in [3.8, 4) is 0 Å². The average Bonchev–Trinajstić information content (AvgIpc) is 2.57. The molecule has 0 saturated carbocycles. The van der Waals surface area contributed by atoms with E-state index in [2.05, 4.69) is 15.4 Å². The van der Waals surface area contributed by atoms with Crippen LogP contribution in [0.2, 0.25) is 0 Å². The zero-order chi connectivity index (χ0) is 17.1. The standard InChI is InChI=1S/C16H22N2O5/c1-22-11-3-10-17-16(21)12-4-6-13(7-5-12)18-14(19)8-9-15(20)23-2/h4-7H,3,8-11H2,1-2H3,(H,17,21)(H,18,19). The van der Waals surface area contributed by atoms with Crippen LogP contribution in [0, 0.1) is 0 Å². The van der Waals surface area contributed by atoms with Crippen molar-refractivity contribution in [1.29, 1.82) is 0 Å². The quantitative estimate of drug-likeness (QED) is 0.529. The molecule has 0 atom stereocenters. The van der Waals surface area contributed by atoms with Gasteiger partial charge in [-0.25, -0.2) is 0 Å². The highest BCUT2D eigenvalue weighted by atomic mass is 16.5. The maximum atomic E-state index is 11.9. The van der Waals surface area contributed by atoms with Crippen molar-refractivity contribution in [2.24, 2.45) is 0 Å². The molecule has 0 spiro atoms. The van der Waals surface area contributed by atoms with Crippen molar-refractivity contribution >= 4 is 23.5 Å². The summed E-state index contributed by atoms with van der Waals surface area (Å²) in [6, 6.07) is 6.53. The van der Waals surface area contributed by atoms with Crippen LogP contribution >= 0.6 is 0 Å². The highest BCUT2D eigenvalue weighted by molar-refractivity contribution is 5.96. The van der Waals surface area contributed by atoms with E-state index < -0.39 is 5.97 Å². The zero-order valence-corrected chi connectivity index (χ0v) is 13.4. The van der Waals surface area contributed by atoms with Gasteiger partial charge in [-0.2, -0.15) is 0 Å². The maximum Gasteiger partial charge on any atom is 0.306 e. The summed E-state index contributed by atoms with van der Waals surface area (Å²) in [5.41, 5.74) is 1.07. The van der Waals surface area contributed by atoms with Gasteiger partial charge in [0.2, 0.25) is 5.91 Å². The van der Waals surface area contributed by atoms with Gasteiger partial charge >= 0.3 is 5.97 Å². The summed E-state index contributed by atoms with van der Waals surface area (Å²) in [5.74, 6) is -0.891. The van der Waals surface area contributed by atoms with E-state index in [0.29, 0.717) is 24.4 Å². The first-order chi connectivity index (χ1) is 11.1. The van der Waals surface area contributed by atoms with Gasteiger partial charge in [0.15, 0.2) is 0 Å². The summed E-state index contributed by atoms with van der Waals surface area (Å²) in [5, 5.41) is 5.43. The largest absolute Gasteiger partial charge is 0.469 e. The number of carbonyl (C=O) groups excluding carboxylic acids is 3. The van der Waals surface area contributed by atoms with Gasteiger partial charge in [-0.3, -0.25) is 14.4 Å². The summed E-state index contributed by atoms with van der Waals surface area (Å²) in [6.07, 6.45) is 0.829. The Labute approximate surface area is 135 Å². The maximum absolute atomic E-state index is 11.9. The van der Waals surface area contributed by atoms with E-state index in [1.54, 1.807) is 31.4 Å². The molecular formula is C16H22N2O5. The molecule has 0 bridgehead atoms. The van der Waals surface area contributed by atoms with E-state index in [1.165, 1.54) is 7.11 Å². The lowest BCUT2D eigenvalue weighted by molar-refractivity contribution is -0.141. The number of nitrogens with one attached hydrogen (secondary N) is 2. The molecule has 0 aliphatic rings. The predicted octanol–water partition coefficient (Wildman–Crippen LogP) is 1.34. The fourth-order valence-electron chi connectivity index (χ4n) is 1.77. The Hall–Kier alpha value is -2.41. The van der Waals surface area contributed by atoms with Crippen molar-refractivity contribution in [2.45, 2.75) is 19.3 Å². The predicted molar refractivity (Wildman–Crippen MR) is 85.1 cm³/mol. The van der Waals surface area contributed by atoms with Crippen LogP contribution in [0.15, 0.2) is 24.3 Å². The van der Waals surface area contributed by atoms with Crippen LogP contribution in [0.1, 0.15) is 29.6 Å². The Balaban J connectivity index is 2.42. The molecule has 23 heavy (non-hydrogen) atoms. The van der Waals surface area contributed by atoms with E-state index in [0.717, 1.165) is 6.42 Å². The van der Waals surface area contributed by atoms with Gasteiger partial charge in [0.05, 0.1) is 13.5 Å². The third-order valence-electron chi connectivity index (χ3n) is 3.03. The molecule has 0 fully saturated rings. The number of anilines is 1. The van der Waals surface area contributed by atoms with Gasteiger partial charge in [-0.05, 0) is 30.7 Å². The number of esters is 1. The molecule has 1 rings (SSSR count). The first-order valence-electron chi connectivity index (χ1n) is 7.30. The minimum atomic E-state index is -0.430. The fraction of sp³-hybridized carbons (Fsp3) is 0.438. The third-order valence-corrected chi connectivity index (χ3v) is 3.03. The van der Waals surface area contributed by atoms with Crippen LogP contribution in [0.25, 0.3) is 0 Å². The minimum absolute atomic E-state index is 0.0320. The van der Waals surface area contributed by atoms with Crippen LogP contribution in [-0.4, -0.2) is 45.2 Å². The van der Waals surface area contributed by atoms with Crippen molar-refractivity contribution in [1.82, 2.24) is 5.32 Å². The number of hydrogen-bond donors (Lipinski definition) is 2. The number of rotatable bonds is 9. The van der Waals surface area contributed by atoms with Gasteiger partial charge in [0, 0.05) is 37.9 Å². The summed E-state index contributed by atoms with van der Waals surface area (Å²) >= 11 is 0. The molecule has 0 saturated heterocycles. The molecule has 0 heterocycles. The second-order valence-corrected chi connectivity index (χ2v) is 4.80. The van der Waals surface area contributed by atoms with E-state index in [4.69, 9.17) is 4.74 Å². The van der Waals surface area contributed by atoms with E-state index in [9.17, 15) is 14.4 Å². The van der Waals surface area contributed by atoms with Gasteiger partial charge < -0.3 is 20.1 Å². The molecule has 0 aliphatic heterocycles. The van der Waals surface area contributed by atoms with Crippen molar-refractivity contribution in [2.75, 3.05) is 32.7 Å². The lowest BCUT2D eigenvalue weighted by atomic mass is 10.2. The van der Waals surface area contributed by atoms with Gasteiger partial charge in [0.1, 0.15) is 0 Å². The van der Waals surface area contributed by atoms with E-state index in [-0.39, 0.29) is 24.7 Å². The Bertz CT molecular complexity index is 528. The first kappa shape index (κ1) is 18.6. The topological polar surface area (TPSA) is 93.7 Å². The summed E-state index contributed by atoms with van der Waals surface area (Å²) < 4.78 is 9.37. The minimum Gasteiger partial charge on any atom is -0.469 e. The SMILES string of the molecule is COCCCNC(=O)c1ccc(NC(=O)CCC(=O)OC)cc1. The van der Waals surface area contributed by atoms with E-state index >= 15 is 0 Å². The lowest BCUT2D eigenvalue weighted by Crippen LogP contribution is -2.25. The normalized spacial score (nSPS) is 10.0. The van der Waals surface area contributed by atoms with Crippen molar-refractivity contribution in [3.63, 3.8) is 0 Å². The Morgan fingerprint density at radius 2 is 1.74 bits per heavy atom. The molecule has 7 heteroatoms. The molecule has 1 aromatic rings. The molecule has 0 aliphatic carbocycles. The zero-order valence-electron chi connectivity index (χ0n) is 13.4. The molecule has 0 aromatic heterocycles. The van der Waals surface area contributed by atoms with Crippen molar-refractivity contribution < 1.29 is 23.9 Å². The van der Waals surface area contributed by atoms with Crippen LogP contribution in [-0.2, 0) is 19.1 Å².